The lowest BCUT2D eigenvalue weighted by Gasteiger charge is -2.12. The van der Waals surface area contributed by atoms with Gasteiger partial charge in [0.15, 0.2) is 5.78 Å². The Hall–Kier alpha value is -1.28. The van der Waals surface area contributed by atoms with Crippen molar-refractivity contribution in [3.05, 3.63) is 40.4 Å². The Morgan fingerprint density at radius 3 is 2.92 bits per heavy atom. The van der Waals surface area contributed by atoms with Crippen LogP contribution in [0.25, 0.3) is 5.76 Å². The summed E-state index contributed by atoms with van der Waals surface area (Å²) in [7, 11) is 0. The number of ketones is 1. The minimum atomic E-state index is -0.0766. The first-order chi connectivity index (χ1) is 6.16. The molecule has 1 aliphatic carbocycles. The van der Waals surface area contributed by atoms with Gasteiger partial charge in [0.05, 0.1) is 0 Å². The molecule has 3 heteroatoms. The van der Waals surface area contributed by atoms with E-state index in [1.165, 1.54) is 6.08 Å². The number of aliphatic hydroxyl groups is 1. The fourth-order valence-corrected chi connectivity index (χ4v) is 1.58. The van der Waals surface area contributed by atoms with Gasteiger partial charge in [-0.15, -0.1) is 0 Å². The summed E-state index contributed by atoms with van der Waals surface area (Å²) >= 11 is 5.76. The Labute approximate surface area is 80.5 Å². The molecule has 0 amide bonds. The highest BCUT2D eigenvalue weighted by molar-refractivity contribution is 6.30. The third kappa shape index (κ3) is 1.45. The first kappa shape index (κ1) is 8.32. The van der Waals surface area contributed by atoms with E-state index in [4.69, 9.17) is 11.6 Å². The van der Waals surface area contributed by atoms with E-state index >= 15 is 0 Å². The van der Waals surface area contributed by atoms with Gasteiger partial charge in [-0.1, -0.05) is 17.7 Å². The Morgan fingerprint density at radius 1 is 1.38 bits per heavy atom. The second-order valence-electron chi connectivity index (χ2n) is 2.97. The predicted molar refractivity (Wildman–Crippen MR) is 50.8 cm³/mol. The van der Waals surface area contributed by atoms with Crippen molar-refractivity contribution in [3.63, 3.8) is 0 Å². The summed E-state index contributed by atoms with van der Waals surface area (Å²) in [6.45, 7) is 0. The summed E-state index contributed by atoms with van der Waals surface area (Å²) in [5.74, 6) is -0.0685. The second kappa shape index (κ2) is 2.89. The van der Waals surface area contributed by atoms with Gasteiger partial charge < -0.3 is 5.11 Å². The first-order valence-electron chi connectivity index (χ1n) is 3.89. The summed E-state index contributed by atoms with van der Waals surface area (Å²) in [5, 5.41) is 10.0. The molecule has 13 heavy (non-hydrogen) atoms. The molecule has 0 aromatic heterocycles. The predicted octanol–water partition coefficient (Wildman–Crippen LogP) is 2.36. The van der Waals surface area contributed by atoms with Crippen LogP contribution in [0.15, 0.2) is 24.3 Å². The molecule has 0 saturated carbocycles. The van der Waals surface area contributed by atoms with Gasteiger partial charge in [-0.25, -0.2) is 0 Å². The molecule has 66 valence electrons. The Balaban J connectivity index is 2.60. The van der Waals surface area contributed by atoms with Crippen LogP contribution in [-0.4, -0.2) is 10.9 Å². The van der Waals surface area contributed by atoms with Crippen LogP contribution in [0.3, 0.4) is 0 Å². The zero-order chi connectivity index (χ0) is 9.42. The van der Waals surface area contributed by atoms with Gasteiger partial charge in [0.25, 0.3) is 0 Å². The minimum absolute atomic E-state index is 0.00810. The van der Waals surface area contributed by atoms with Crippen LogP contribution >= 0.6 is 11.6 Å². The third-order valence-corrected chi connectivity index (χ3v) is 2.25. The average molecular weight is 195 g/mol. The largest absolute Gasteiger partial charge is 0.507 e. The van der Waals surface area contributed by atoms with Crippen LogP contribution in [-0.2, 0) is 11.2 Å². The number of benzene rings is 1. The van der Waals surface area contributed by atoms with E-state index in [9.17, 15) is 9.90 Å². The van der Waals surface area contributed by atoms with E-state index in [2.05, 4.69) is 0 Å². The number of fused-ring (bicyclic) bond motifs is 1. The zero-order valence-electron chi connectivity index (χ0n) is 6.75. The maximum atomic E-state index is 11.1. The quantitative estimate of drug-likeness (QED) is 0.689. The first-order valence-corrected chi connectivity index (χ1v) is 4.27. The Bertz CT molecular complexity index is 407. The van der Waals surface area contributed by atoms with Gasteiger partial charge in [-0.05, 0) is 17.7 Å². The minimum Gasteiger partial charge on any atom is -0.507 e. The fourth-order valence-electron chi connectivity index (χ4n) is 1.41. The number of hydrogen-bond donors (Lipinski definition) is 1. The maximum Gasteiger partial charge on any atom is 0.163 e. The number of carbonyl (C=O) groups excluding carboxylic acids is 1. The lowest BCUT2D eigenvalue weighted by Crippen LogP contribution is -2.08. The number of aliphatic hydroxyl groups excluding tert-OH is 1. The molecule has 0 heterocycles. The number of halogens is 1. The molecular formula is C10H7ClO2. The van der Waals surface area contributed by atoms with E-state index in [0.717, 1.165) is 5.56 Å². The molecule has 2 nitrogen and oxygen atoms in total. The van der Waals surface area contributed by atoms with Gasteiger partial charge in [0.1, 0.15) is 5.76 Å². The molecule has 0 bridgehead atoms. The highest BCUT2D eigenvalue weighted by Crippen LogP contribution is 2.25. The molecule has 0 unspecified atom stereocenters. The van der Waals surface area contributed by atoms with Crippen LogP contribution < -0.4 is 0 Å². The molecule has 0 spiro atoms. The highest BCUT2D eigenvalue weighted by atomic mass is 35.5. The summed E-state index contributed by atoms with van der Waals surface area (Å²) < 4.78 is 0. The molecule has 0 atom stereocenters. The molecule has 0 radical (unpaired) electrons. The lowest BCUT2D eigenvalue weighted by atomic mass is 9.95. The van der Waals surface area contributed by atoms with Crippen molar-refractivity contribution in [1.82, 2.24) is 0 Å². The van der Waals surface area contributed by atoms with Crippen LogP contribution in [0.1, 0.15) is 11.1 Å². The number of allylic oxidation sites excluding steroid dienone is 1. The van der Waals surface area contributed by atoms with E-state index in [1.54, 1.807) is 18.2 Å². The lowest BCUT2D eigenvalue weighted by molar-refractivity contribution is -0.114. The van der Waals surface area contributed by atoms with E-state index < -0.39 is 0 Å². The zero-order valence-corrected chi connectivity index (χ0v) is 7.51. The van der Waals surface area contributed by atoms with Crippen LogP contribution in [0.2, 0.25) is 5.02 Å². The number of carbonyl (C=O) groups is 1. The molecule has 2 rings (SSSR count). The number of rotatable bonds is 0. The normalized spacial score (nSPS) is 15.2. The monoisotopic (exact) mass is 194 g/mol. The Kier molecular flexibility index (Phi) is 1.85. The maximum absolute atomic E-state index is 11.1. The van der Waals surface area contributed by atoms with Crippen molar-refractivity contribution in [3.8, 4) is 0 Å². The van der Waals surface area contributed by atoms with E-state index in [-0.39, 0.29) is 11.5 Å². The average Bonchev–Trinajstić information content (AvgIpc) is 2.06. The van der Waals surface area contributed by atoms with Crippen molar-refractivity contribution in [2.24, 2.45) is 0 Å². The molecular weight excluding hydrogens is 188 g/mol. The van der Waals surface area contributed by atoms with Gasteiger partial charge in [-0.3, -0.25) is 4.79 Å². The Morgan fingerprint density at radius 2 is 2.15 bits per heavy atom. The molecule has 1 aromatic rings. The summed E-state index contributed by atoms with van der Waals surface area (Å²) in [4.78, 5) is 11.1. The summed E-state index contributed by atoms with van der Waals surface area (Å²) in [5.41, 5.74) is 1.49. The smallest absolute Gasteiger partial charge is 0.163 e. The van der Waals surface area contributed by atoms with E-state index in [1.807, 2.05) is 0 Å². The van der Waals surface area contributed by atoms with Crippen molar-refractivity contribution in [1.29, 1.82) is 0 Å². The molecule has 1 aliphatic rings. The van der Waals surface area contributed by atoms with Crippen molar-refractivity contribution < 1.29 is 9.90 Å². The van der Waals surface area contributed by atoms with Crippen molar-refractivity contribution >= 4 is 23.1 Å². The molecule has 1 N–H and O–H groups in total. The molecule has 0 fully saturated rings. The number of hydrogen-bond acceptors (Lipinski definition) is 2. The standard InChI is InChI=1S/C10H7ClO2/c11-7-2-1-6-3-8(12)5-10(13)9(6)4-7/h1-2,4-5,13H,3H2. The van der Waals surface area contributed by atoms with Crippen molar-refractivity contribution in [2.75, 3.05) is 0 Å². The van der Waals surface area contributed by atoms with Gasteiger partial charge >= 0.3 is 0 Å². The van der Waals surface area contributed by atoms with Crippen LogP contribution in [0.4, 0.5) is 0 Å². The topological polar surface area (TPSA) is 37.3 Å². The van der Waals surface area contributed by atoms with Crippen molar-refractivity contribution in [2.45, 2.75) is 6.42 Å². The van der Waals surface area contributed by atoms with Gasteiger partial charge in [0.2, 0.25) is 0 Å². The molecule has 0 saturated heterocycles. The highest BCUT2D eigenvalue weighted by Gasteiger charge is 2.16. The third-order valence-electron chi connectivity index (χ3n) is 2.01. The van der Waals surface area contributed by atoms with Gasteiger partial charge in [0, 0.05) is 23.1 Å². The second-order valence-corrected chi connectivity index (χ2v) is 3.41. The van der Waals surface area contributed by atoms with Gasteiger partial charge in [-0.2, -0.15) is 0 Å². The molecule has 0 aliphatic heterocycles. The molecule has 1 aromatic carbocycles. The SMILES string of the molecule is O=C1C=C(O)c2cc(Cl)ccc2C1. The summed E-state index contributed by atoms with van der Waals surface area (Å²) in [6.07, 6.45) is 1.58. The summed E-state index contributed by atoms with van der Waals surface area (Å²) in [6, 6.07) is 5.14. The van der Waals surface area contributed by atoms with E-state index in [0.29, 0.717) is 17.0 Å². The van der Waals surface area contributed by atoms with Crippen LogP contribution in [0, 0.1) is 0 Å². The van der Waals surface area contributed by atoms with Crippen LogP contribution in [0.5, 0.6) is 0 Å². The fraction of sp³-hybridized carbons (Fsp3) is 0.100.